The lowest BCUT2D eigenvalue weighted by Gasteiger charge is -2.02. The van der Waals surface area contributed by atoms with Gasteiger partial charge in [-0.05, 0) is 30.3 Å². The Hall–Kier alpha value is -2.56. The van der Waals surface area contributed by atoms with Crippen LogP contribution in [0.5, 0.6) is 0 Å². The van der Waals surface area contributed by atoms with E-state index in [1.54, 1.807) is 36.6 Å². The molecule has 18 heavy (non-hydrogen) atoms. The van der Waals surface area contributed by atoms with Gasteiger partial charge in [0.1, 0.15) is 11.3 Å². The summed E-state index contributed by atoms with van der Waals surface area (Å²) < 4.78 is 10.2. The topological polar surface area (TPSA) is 68.3 Å². The molecule has 2 aromatic heterocycles. The summed E-state index contributed by atoms with van der Waals surface area (Å²) in [5.41, 5.74) is 1.88. The Bertz CT molecular complexity index is 670. The van der Waals surface area contributed by atoms with E-state index in [2.05, 4.69) is 10.3 Å². The zero-order valence-corrected chi connectivity index (χ0v) is 9.42. The van der Waals surface area contributed by atoms with E-state index in [-0.39, 0.29) is 5.91 Å². The fraction of sp³-hybridized carbons (Fsp3) is 0.0769. The number of rotatable bonds is 3. The molecule has 5 heteroatoms. The molecule has 2 heterocycles. The summed E-state index contributed by atoms with van der Waals surface area (Å²) in [6, 6.07) is 8.70. The van der Waals surface area contributed by atoms with Crippen molar-refractivity contribution < 1.29 is 13.6 Å². The van der Waals surface area contributed by atoms with Crippen molar-refractivity contribution in [1.29, 1.82) is 0 Å². The van der Waals surface area contributed by atoms with E-state index < -0.39 is 0 Å². The van der Waals surface area contributed by atoms with E-state index in [9.17, 15) is 4.79 Å². The minimum atomic E-state index is -0.170. The number of oxazole rings is 1. The number of carbonyl (C=O) groups is 1. The highest BCUT2D eigenvalue weighted by molar-refractivity contribution is 5.96. The number of nitrogens with one attached hydrogen (secondary N) is 1. The molecular weight excluding hydrogens is 232 g/mol. The van der Waals surface area contributed by atoms with Crippen molar-refractivity contribution >= 4 is 17.0 Å². The van der Waals surface area contributed by atoms with E-state index in [1.807, 2.05) is 0 Å². The highest BCUT2D eigenvalue weighted by Crippen LogP contribution is 2.14. The minimum Gasteiger partial charge on any atom is -0.467 e. The van der Waals surface area contributed by atoms with Gasteiger partial charge in [-0.3, -0.25) is 4.79 Å². The predicted octanol–water partition coefficient (Wildman–Crippen LogP) is 2.35. The molecule has 0 fully saturated rings. The summed E-state index contributed by atoms with van der Waals surface area (Å²) in [5, 5.41) is 2.77. The summed E-state index contributed by atoms with van der Waals surface area (Å²) in [5.74, 6) is 0.544. The van der Waals surface area contributed by atoms with Crippen molar-refractivity contribution in [3.05, 3.63) is 54.3 Å². The molecule has 0 bridgehead atoms. The first-order valence-electron chi connectivity index (χ1n) is 5.47. The van der Waals surface area contributed by atoms with Crippen molar-refractivity contribution in [1.82, 2.24) is 10.3 Å². The number of hydrogen-bond donors (Lipinski definition) is 1. The molecule has 1 amide bonds. The van der Waals surface area contributed by atoms with Crippen LogP contribution in [0.15, 0.2) is 51.8 Å². The Morgan fingerprint density at radius 1 is 1.28 bits per heavy atom. The second-order valence-corrected chi connectivity index (χ2v) is 3.80. The second-order valence-electron chi connectivity index (χ2n) is 3.80. The first-order chi connectivity index (χ1) is 8.83. The van der Waals surface area contributed by atoms with E-state index >= 15 is 0 Å². The standard InChI is InChI=1S/C13H10N2O3/c16-13(14-7-10-2-1-5-17-10)9-3-4-12-11(6-9)15-8-18-12/h1-6,8H,7H2,(H,14,16). The SMILES string of the molecule is O=C(NCc1ccco1)c1ccc2ocnc2c1. The lowest BCUT2D eigenvalue weighted by atomic mass is 10.2. The number of fused-ring (bicyclic) bond motifs is 1. The van der Waals surface area contributed by atoms with Crippen LogP contribution < -0.4 is 5.32 Å². The molecule has 0 aliphatic carbocycles. The van der Waals surface area contributed by atoms with Crippen molar-refractivity contribution in [2.75, 3.05) is 0 Å². The molecule has 1 aromatic carbocycles. The highest BCUT2D eigenvalue weighted by Gasteiger charge is 2.08. The Morgan fingerprint density at radius 2 is 2.22 bits per heavy atom. The first-order valence-corrected chi connectivity index (χ1v) is 5.47. The second kappa shape index (κ2) is 4.37. The third-order valence-electron chi connectivity index (χ3n) is 2.60. The van der Waals surface area contributed by atoms with Crippen LogP contribution in [0.4, 0.5) is 0 Å². The molecule has 3 rings (SSSR count). The third-order valence-corrected chi connectivity index (χ3v) is 2.60. The molecule has 0 spiro atoms. The molecule has 1 N–H and O–H groups in total. The maximum Gasteiger partial charge on any atom is 0.251 e. The smallest absolute Gasteiger partial charge is 0.251 e. The van der Waals surface area contributed by atoms with E-state index in [4.69, 9.17) is 8.83 Å². The van der Waals surface area contributed by atoms with Gasteiger partial charge in [-0.15, -0.1) is 0 Å². The number of carbonyl (C=O) groups excluding carboxylic acids is 1. The Morgan fingerprint density at radius 3 is 3.06 bits per heavy atom. The van der Waals surface area contributed by atoms with Crippen molar-refractivity contribution in [3.8, 4) is 0 Å². The summed E-state index contributed by atoms with van der Waals surface area (Å²) >= 11 is 0. The minimum absolute atomic E-state index is 0.170. The number of aromatic nitrogens is 1. The van der Waals surface area contributed by atoms with Gasteiger partial charge in [0, 0.05) is 5.56 Å². The van der Waals surface area contributed by atoms with Crippen LogP contribution in [0.3, 0.4) is 0 Å². The van der Waals surface area contributed by atoms with Gasteiger partial charge in [0.05, 0.1) is 12.8 Å². The molecule has 0 saturated carbocycles. The highest BCUT2D eigenvalue weighted by atomic mass is 16.3. The molecule has 0 saturated heterocycles. The molecule has 5 nitrogen and oxygen atoms in total. The fourth-order valence-corrected chi connectivity index (χ4v) is 1.68. The van der Waals surface area contributed by atoms with Crippen LogP contribution >= 0.6 is 0 Å². The average Bonchev–Trinajstić information content (AvgIpc) is 3.05. The number of furan rings is 1. The maximum atomic E-state index is 11.9. The van der Waals surface area contributed by atoms with Gasteiger partial charge in [0.15, 0.2) is 12.0 Å². The Labute approximate surface area is 102 Å². The Kier molecular flexibility index (Phi) is 2.57. The maximum absolute atomic E-state index is 11.9. The summed E-state index contributed by atoms with van der Waals surface area (Å²) in [4.78, 5) is 15.9. The van der Waals surface area contributed by atoms with E-state index in [0.29, 0.717) is 29.0 Å². The third kappa shape index (κ3) is 1.98. The molecule has 0 aliphatic heterocycles. The molecule has 0 unspecified atom stereocenters. The Balaban J connectivity index is 1.75. The molecule has 3 aromatic rings. The molecule has 90 valence electrons. The lowest BCUT2D eigenvalue weighted by molar-refractivity contribution is 0.0948. The first kappa shape index (κ1) is 10.6. The van der Waals surface area contributed by atoms with Crippen LogP contribution in [-0.4, -0.2) is 10.9 Å². The number of amides is 1. The average molecular weight is 242 g/mol. The summed E-state index contributed by atoms with van der Waals surface area (Å²) in [6.45, 7) is 0.364. The number of hydrogen-bond acceptors (Lipinski definition) is 4. The van der Waals surface area contributed by atoms with Crippen LogP contribution in [0.25, 0.3) is 11.1 Å². The monoisotopic (exact) mass is 242 g/mol. The number of nitrogens with zero attached hydrogens (tertiary/aromatic N) is 1. The van der Waals surface area contributed by atoms with Gasteiger partial charge >= 0.3 is 0 Å². The van der Waals surface area contributed by atoms with Crippen molar-refractivity contribution in [3.63, 3.8) is 0 Å². The number of benzene rings is 1. The molecule has 0 aliphatic rings. The fourth-order valence-electron chi connectivity index (χ4n) is 1.68. The van der Waals surface area contributed by atoms with Gasteiger partial charge in [-0.1, -0.05) is 0 Å². The molecule has 0 atom stereocenters. The molecule has 0 radical (unpaired) electrons. The summed E-state index contributed by atoms with van der Waals surface area (Å²) in [7, 11) is 0. The van der Waals surface area contributed by atoms with Crippen molar-refractivity contribution in [2.24, 2.45) is 0 Å². The van der Waals surface area contributed by atoms with Gasteiger partial charge in [-0.2, -0.15) is 0 Å². The largest absolute Gasteiger partial charge is 0.467 e. The van der Waals surface area contributed by atoms with Crippen LogP contribution in [0.1, 0.15) is 16.1 Å². The van der Waals surface area contributed by atoms with Gasteiger partial charge in [0.25, 0.3) is 5.91 Å². The summed E-state index contributed by atoms with van der Waals surface area (Å²) in [6.07, 6.45) is 2.93. The van der Waals surface area contributed by atoms with Gasteiger partial charge in [-0.25, -0.2) is 4.98 Å². The normalized spacial score (nSPS) is 10.7. The molecular formula is C13H10N2O3. The van der Waals surface area contributed by atoms with E-state index in [1.165, 1.54) is 6.39 Å². The lowest BCUT2D eigenvalue weighted by Crippen LogP contribution is -2.22. The quantitative estimate of drug-likeness (QED) is 0.765. The zero-order chi connectivity index (χ0) is 12.4. The van der Waals surface area contributed by atoms with E-state index in [0.717, 1.165) is 0 Å². The van der Waals surface area contributed by atoms with Gasteiger partial charge < -0.3 is 14.2 Å². The van der Waals surface area contributed by atoms with Crippen molar-refractivity contribution in [2.45, 2.75) is 6.54 Å². The van der Waals surface area contributed by atoms with Gasteiger partial charge in [0.2, 0.25) is 0 Å². The van der Waals surface area contributed by atoms with Crippen LogP contribution in [0, 0.1) is 0 Å². The zero-order valence-electron chi connectivity index (χ0n) is 9.42. The van der Waals surface area contributed by atoms with Crippen LogP contribution in [0.2, 0.25) is 0 Å². The van der Waals surface area contributed by atoms with Crippen LogP contribution in [-0.2, 0) is 6.54 Å². The predicted molar refractivity (Wildman–Crippen MR) is 63.9 cm³/mol.